The zero-order chi connectivity index (χ0) is 29.9. The largest absolute Gasteiger partial charge is 0.415 e. The van der Waals surface area contributed by atoms with Gasteiger partial charge in [0.25, 0.3) is 5.91 Å². The van der Waals surface area contributed by atoms with Gasteiger partial charge in [-0.15, -0.1) is 5.53 Å². The number of aryl methyl sites for hydroxylation is 2. The molecular formula is C29H37F3N8O. The Bertz CT molecular complexity index is 1400. The molecule has 220 valence electrons. The number of aromatic nitrogens is 2. The first-order valence-electron chi connectivity index (χ1n) is 13.4. The van der Waals surface area contributed by atoms with Crippen LogP contribution in [0.15, 0.2) is 66.3 Å². The number of likely N-dealkylation sites (N-methyl/N-ethyl adjacent to an activating group) is 1. The van der Waals surface area contributed by atoms with E-state index in [-0.39, 0.29) is 5.70 Å². The van der Waals surface area contributed by atoms with Crippen LogP contribution in [0.1, 0.15) is 40.5 Å². The minimum atomic E-state index is -4.62. The lowest BCUT2D eigenvalue weighted by Crippen LogP contribution is -2.43. The molecule has 0 bridgehead atoms. The molecule has 2 aromatic rings. The number of carbonyl (C=O) groups excluding carboxylic acids is 1. The first kappa shape index (κ1) is 29.9. The molecule has 12 heteroatoms. The van der Waals surface area contributed by atoms with E-state index in [1.165, 1.54) is 0 Å². The molecule has 0 atom stereocenters. The van der Waals surface area contributed by atoms with Gasteiger partial charge >= 0.3 is 6.18 Å². The summed E-state index contributed by atoms with van der Waals surface area (Å²) in [4.78, 5) is 17.7. The molecule has 1 aromatic carbocycles. The highest BCUT2D eigenvalue weighted by atomic mass is 19.4. The van der Waals surface area contributed by atoms with Gasteiger partial charge in [0.05, 0.1) is 23.2 Å². The number of anilines is 1. The zero-order valence-electron chi connectivity index (χ0n) is 24.1. The van der Waals surface area contributed by atoms with E-state index in [0.717, 1.165) is 60.5 Å². The molecule has 1 aromatic heterocycles. The first-order chi connectivity index (χ1) is 19.4. The molecule has 9 nitrogen and oxygen atoms in total. The average molecular weight is 571 g/mol. The molecule has 3 heterocycles. The zero-order valence-corrected chi connectivity index (χ0v) is 24.1. The highest BCUT2D eigenvalue weighted by Gasteiger charge is 2.31. The Morgan fingerprint density at radius 3 is 2.46 bits per heavy atom. The van der Waals surface area contributed by atoms with Gasteiger partial charge in [0.15, 0.2) is 0 Å². The van der Waals surface area contributed by atoms with Crippen molar-refractivity contribution in [3.05, 3.63) is 88.7 Å². The van der Waals surface area contributed by atoms with Gasteiger partial charge in [0, 0.05) is 67.6 Å². The van der Waals surface area contributed by atoms with Crippen LogP contribution >= 0.6 is 0 Å². The fraction of sp³-hybridized carbons (Fsp3) is 0.379. The molecule has 3 N–H and O–H groups in total. The number of halogens is 3. The number of hydrogen-bond donors (Lipinski definition) is 3. The number of nitrogens with zero attached hydrogens (tertiary/aromatic N) is 5. The summed E-state index contributed by atoms with van der Waals surface area (Å²) in [7, 11) is 3.90. The van der Waals surface area contributed by atoms with Crippen molar-refractivity contribution in [1.82, 2.24) is 35.9 Å². The number of allylic oxidation sites excluding steroid dienone is 4. The number of alkyl halides is 3. The van der Waals surface area contributed by atoms with E-state index in [1.54, 1.807) is 40.2 Å². The number of piperazine rings is 1. The van der Waals surface area contributed by atoms with Crippen molar-refractivity contribution in [2.75, 3.05) is 38.2 Å². The monoisotopic (exact) mass is 570 g/mol. The summed E-state index contributed by atoms with van der Waals surface area (Å²) in [5.74, 6) is -0.531. The molecule has 0 spiro atoms. The standard InChI is InChI=1S/C29H37F3N8O/c1-7-24(39-12-10-37(5)11-13-39)16-23(14-20(3)29(30,31)32)34-28(41)22-9-8-19(2)27(15-22)40-18-26(35-36-40)25-17-33-38(6)21(25)4/h8-9,14-18,35-36H,3,7,10-13H2,1-2,4-6H3,(H,34,41)/b23-14+,24-16+. The molecule has 1 fully saturated rings. The summed E-state index contributed by atoms with van der Waals surface area (Å²) in [5.41, 5.74) is 10.6. The quantitative estimate of drug-likeness (QED) is 0.412. The summed E-state index contributed by atoms with van der Waals surface area (Å²) in [6.07, 6.45) is 2.11. The molecule has 4 rings (SSSR count). The predicted octanol–water partition coefficient (Wildman–Crippen LogP) is 4.14. The number of hydrazine groups is 2. The van der Waals surface area contributed by atoms with E-state index in [9.17, 15) is 18.0 Å². The Morgan fingerprint density at radius 1 is 1.15 bits per heavy atom. The third-order valence-corrected chi connectivity index (χ3v) is 7.37. The molecule has 0 saturated carbocycles. The lowest BCUT2D eigenvalue weighted by atomic mass is 10.1. The lowest BCUT2D eigenvalue weighted by Gasteiger charge is -2.35. The summed E-state index contributed by atoms with van der Waals surface area (Å²) in [6, 6.07) is 5.13. The van der Waals surface area contributed by atoms with Crippen LogP contribution in [0.2, 0.25) is 0 Å². The topological polar surface area (TPSA) is 80.7 Å². The Labute approximate surface area is 238 Å². The molecule has 1 amide bonds. The predicted molar refractivity (Wildman–Crippen MR) is 154 cm³/mol. The van der Waals surface area contributed by atoms with Gasteiger partial charge in [-0.1, -0.05) is 19.6 Å². The summed E-state index contributed by atoms with van der Waals surface area (Å²) < 4.78 is 42.0. The van der Waals surface area contributed by atoms with Crippen molar-refractivity contribution < 1.29 is 18.0 Å². The minimum Gasteiger partial charge on any atom is -0.372 e. The highest BCUT2D eigenvalue weighted by molar-refractivity contribution is 5.97. The fourth-order valence-electron chi connectivity index (χ4n) is 4.63. The number of nitrogens with one attached hydrogen (secondary N) is 3. The van der Waals surface area contributed by atoms with Crippen molar-refractivity contribution in [1.29, 1.82) is 0 Å². The van der Waals surface area contributed by atoms with Gasteiger partial charge in [-0.3, -0.25) is 14.5 Å². The number of benzene rings is 1. The molecule has 2 aliphatic rings. The van der Waals surface area contributed by atoms with E-state index in [2.05, 4.69) is 37.8 Å². The number of carbonyl (C=O) groups is 1. The van der Waals surface area contributed by atoms with Crippen LogP contribution in [-0.4, -0.2) is 64.9 Å². The Morgan fingerprint density at radius 2 is 1.85 bits per heavy atom. The van der Waals surface area contributed by atoms with Crippen LogP contribution in [0.3, 0.4) is 0 Å². The molecule has 0 unspecified atom stereocenters. The van der Waals surface area contributed by atoms with Gasteiger partial charge in [0.1, 0.15) is 0 Å². The van der Waals surface area contributed by atoms with Gasteiger partial charge in [-0.2, -0.15) is 18.3 Å². The second-order valence-electron chi connectivity index (χ2n) is 10.3. The van der Waals surface area contributed by atoms with E-state index < -0.39 is 17.7 Å². The van der Waals surface area contributed by atoms with Gasteiger partial charge in [0.2, 0.25) is 0 Å². The lowest BCUT2D eigenvalue weighted by molar-refractivity contribution is -0.0879. The van der Waals surface area contributed by atoms with E-state index in [1.807, 2.05) is 41.1 Å². The Hall–Kier alpha value is -4.03. The normalized spacial score (nSPS) is 17.0. The van der Waals surface area contributed by atoms with Crippen LogP contribution in [0.5, 0.6) is 0 Å². The fourth-order valence-corrected chi connectivity index (χ4v) is 4.63. The van der Waals surface area contributed by atoms with Crippen LogP contribution in [0.4, 0.5) is 18.9 Å². The second-order valence-corrected chi connectivity index (χ2v) is 10.3. The Kier molecular flexibility index (Phi) is 8.93. The van der Waals surface area contributed by atoms with Crippen LogP contribution in [-0.2, 0) is 7.05 Å². The molecule has 0 aliphatic carbocycles. The van der Waals surface area contributed by atoms with Crippen molar-refractivity contribution in [3.63, 3.8) is 0 Å². The number of hydrogen-bond acceptors (Lipinski definition) is 7. The van der Waals surface area contributed by atoms with Crippen molar-refractivity contribution in [2.24, 2.45) is 7.05 Å². The van der Waals surface area contributed by atoms with Crippen LogP contribution in [0.25, 0.3) is 5.70 Å². The van der Waals surface area contributed by atoms with Crippen LogP contribution in [0, 0.1) is 13.8 Å². The molecule has 41 heavy (non-hydrogen) atoms. The second kappa shape index (κ2) is 12.2. The number of amides is 1. The van der Waals surface area contributed by atoms with Crippen molar-refractivity contribution in [3.8, 4) is 0 Å². The first-order valence-corrected chi connectivity index (χ1v) is 13.4. The van der Waals surface area contributed by atoms with E-state index >= 15 is 0 Å². The van der Waals surface area contributed by atoms with Crippen LogP contribution < -0.4 is 21.3 Å². The molecular weight excluding hydrogens is 533 g/mol. The van der Waals surface area contributed by atoms with Crippen molar-refractivity contribution in [2.45, 2.75) is 33.4 Å². The summed E-state index contributed by atoms with van der Waals surface area (Å²) >= 11 is 0. The van der Waals surface area contributed by atoms with E-state index in [0.29, 0.717) is 17.7 Å². The molecule has 1 saturated heterocycles. The summed E-state index contributed by atoms with van der Waals surface area (Å²) in [5, 5.41) is 8.73. The third kappa shape index (κ3) is 7.01. The smallest absolute Gasteiger partial charge is 0.372 e. The van der Waals surface area contributed by atoms with Gasteiger partial charge < -0.3 is 20.5 Å². The summed E-state index contributed by atoms with van der Waals surface area (Å²) in [6.45, 7) is 12.2. The maximum absolute atomic E-state index is 13.4. The maximum atomic E-state index is 13.4. The average Bonchev–Trinajstić information content (AvgIpc) is 3.53. The Balaban J connectivity index is 1.60. The van der Waals surface area contributed by atoms with Gasteiger partial charge in [-0.05, 0) is 57.2 Å². The maximum Gasteiger partial charge on any atom is 0.415 e. The van der Waals surface area contributed by atoms with E-state index in [4.69, 9.17) is 0 Å². The van der Waals surface area contributed by atoms with Gasteiger partial charge in [-0.25, -0.2) is 0 Å². The molecule has 2 aliphatic heterocycles. The van der Waals surface area contributed by atoms with Crippen molar-refractivity contribution >= 4 is 17.3 Å². The number of rotatable bonds is 8. The molecule has 0 radical (unpaired) electrons. The SMILES string of the molecule is C=C(/C=C(\C=C(/CC)N1CCN(C)CC1)NC(=O)c1ccc(C)c(N2C=C(c3cnn(C)c3C)NN2)c1)C(F)(F)F. The third-order valence-electron chi connectivity index (χ3n) is 7.37. The highest BCUT2D eigenvalue weighted by Crippen LogP contribution is 2.28. The minimum absolute atomic E-state index is 0.0328.